The maximum atomic E-state index is 12.1. The van der Waals surface area contributed by atoms with Gasteiger partial charge in [0.25, 0.3) is 11.6 Å². The van der Waals surface area contributed by atoms with E-state index >= 15 is 0 Å². The van der Waals surface area contributed by atoms with Crippen molar-refractivity contribution in [2.45, 2.75) is 6.61 Å². The summed E-state index contributed by atoms with van der Waals surface area (Å²) in [7, 11) is 0. The molecule has 146 valence electrons. The van der Waals surface area contributed by atoms with Crippen LogP contribution < -0.4 is 10.2 Å². The van der Waals surface area contributed by atoms with Gasteiger partial charge in [0.2, 0.25) is 0 Å². The van der Waals surface area contributed by atoms with Gasteiger partial charge in [0, 0.05) is 27.7 Å². The Labute approximate surface area is 175 Å². The third kappa shape index (κ3) is 5.73. The van der Waals surface area contributed by atoms with Crippen LogP contribution in [0.15, 0.2) is 82.4 Å². The highest BCUT2D eigenvalue weighted by molar-refractivity contribution is 9.10. The Balaban J connectivity index is 1.66. The van der Waals surface area contributed by atoms with Crippen molar-refractivity contribution in [3.05, 3.63) is 104 Å². The van der Waals surface area contributed by atoms with Gasteiger partial charge in [0.1, 0.15) is 12.4 Å². The van der Waals surface area contributed by atoms with Crippen LogP contribution in [0.2, 0.25) is 0 Å². The molecule has 1 amide bonds. The van der Waals surface area contributed by atoms with Crippen molar-refractivity contribution in [3.8, 4) is 5.75 Å². The summed E-state index contributed by atoms with van der Waals surface area (Å²) in [5, 5.41) is 14.7. The number of hydrogen-bond donors (Lipinski definition) is 1. The fraction of sp³-hybridized carbons (Fsp3) is 0.0476. The van der Waals surface area contributed by atoms with Gasteiger partial charge < -0.3 is 4.74 Å². The summed E-state index contributed by atoms with van der Waals surface area (Å²) in [6, 6.07) is 20.5. The molecule has 3 rings (SSSR count). The summed E-state index contributed by atoms with van der Waals surface area (Å²) in [5.41, 5.74) is 4.30. The van der Waals surface area contributed by atoms with Gasteiger partial charge in [0.15, 0.2) is 0 Å². The molecule has 7 nitrogen and oxygen atoms in total. The molecule has 3 aromatic carbocycles. The summed E-state index contributed by atoms with van der Waals surface area (Å²) in [6.07, 6.45) is 1.48. The number of nitrogens with zero attached hydrogens (tertiary/aromatic N) is 2. The molecule has 0 unspecified atom stereocenters. The molecule has 0 bridgehead atoms. The first-order chi connectivity index (χ1) is 14.0. The molecule has 3 aromatic rings. The van der Waals surface area contributed by atoms with Crippen LogP contribution in [0, 0.1) is 10.1 Å². The second-order valence-corrected chi connectivity index (χ2v) is 6.88. The fourth-order valence-electron chi connectivity index (χ4n) is 2.45. The number of carbonyl (C=O) groups excluding carboxylic acids is 1. The number of rotatable bonds is 7. The Morgan fingerprint density at radius 3 is 2.52 bits per heavy atom. The van der Waals surface area contributed by atoms with E-state index in [1.54, 1.807) is 0 Å². The Kier molecular flexibility index (Phi) is 6.70. The molecule has 0 radical (unpaired) electrons. The van der Waals surface area contributed by atoms with E-state index in [4.69, 9.17) is 4.74 Å². The van der Waals surface area contributed by atoms with E-state index in [1.807, 2.05) is 48.5 Å². The average molecular weight is 454 g/mol. The SMILES string of the molecule is O=C(NN=Cc1cc(Br)ccc1OCc1ccccc1)c1ccc([N+](=O)[O-])cc1. The number of carbonyl (C=O) groups is 1. The standard InChI is InChI=1S/C21H16BrN3O4/c22-18-8-11-20(29-14-15-4-2-1-3-5-15)17(12-18)13-23-24-21(26)16-6-9-19(10-7-16)25(27)28/h1-13H,14H2,(H,24,26). The molecule has 0 aliphatic carbocycles. The van der Waals surface area contributed by atoms with Crippen molar-refractivity contribution in [2.75, 3.05) is 0 Å². The smallest absolute Gasteiger partial charge is 0.271 e. The van der Waals surface area contributed by atoms with Gasteiger partial charge >= 0.3 is 0 Å². The number of halogens is 1. The largest absolute Gasteiger partial charge is 0.488 e. The van der Waals surface area contributed by atoms with Crippen LogP contribution in [-0.4, -0.2) is 17.0 Å². The van der Waals surface area contributed by atoms with Crippen molar-refractivity contribution in [3.63, 3.8) is 0 Å². The van der Waals surface area contributed by atoms with Gasteiger partial charge in [-0.05, 0) is 35.9 Å². The predicted molar refractivity (Wildman–Crippen MR) is 113 cm³/mol. The molecule has 0 saturated heterocycles. The molecule has 0 aliphatic heterocycles. The molecule has 0 aliphatic rings. The van der Waals surface area contributed by atoms with E-state index in [2.05, 4.69) is 26.5 Å². The van der Waals surface area contributed by atoms with E-state index in [0.29, 0.717) is 17.9 Å². The maximum Gasteiger partial charge on any atom is 0.271 e. The minimum atomic E-state index is -0.524. The van der Waals surface area contributed by atoms with Crippen LogP contribution in [0.3, 0.4) is 0 Å². The highest BCUT2D eigenvalue weighted by atomic mass is 79.9. The number of ether oxygens (including phenoxy) is 1. The lowest BCUT2D eigenvalue weighted by Gasteiger charge is -2.09. The van der Waals surface area contributed by atoms with E-state index in [9.17, 15) is 14.9 Å². The zero-order valence-electron chi connectivity index (χ0n) is 15.1. The number of amides is 1. The van der Waals surface area contributed by atoms with Gasteiger partial charge in [-0.2, -0.15) is 5.10 Å². The topological polar surface area (TPSA) is 93.8 Å². The highest BCUT2D eigenvalue weighted by Crippen LogP contribution is 2.23. The third-order valence-electron chi connectivity index (χ3n) is 3.92. The molecule has 0 spiro atoms. The normalized spacial score (nSPS) is 10.7. The Hall–Kier alpha value is -3.52. The quantitative estimate of drug-likeness (QED) is 0.318. The molecular weight excluding hydrogens is 438 g/mol. The minimum Gasteiger partial charge on any atom is -0.488 e. The molecule has 1 N–H and O–H groups in total. The molecule has 0 aromatic heterocycles. The Bertz CT molecular complexity index is 1040. The van der Waals surface area contributed by atoms with Crippen molar-refractivity contribution in [1.29, 1.82) is 0 Å². The molecule has 0 fully saturated rings. The van der Waals surface area contributed by atoms with Crippen LogP contribution in [0.1, 0.15) is 21.5 Å². The maximum absolute atomic E-state index is 12.1. The highest BCUT2D eigenvalue weighted by Gasteiger charge is 2.09. The summed E-state index contributed by atoms with van der Waals surface area (Å²) in [4.78, 5) is 22.3. The van der Waals surface area contributed by atoms with Crippen molar-refractivity contribution in [2.24, 2.45) is 5.10 Å². The first kappa shape index (κ1) is 20.2. The van der Waals surface area contributed by atoms with Gasteiger partial charge in [0.05, 0.1) is 11.1 Å². The van der Waals surface area contributed by atoms with E-state index in [-0.39, 0.29) is 11.3 Å². The predicted octanol–water partition coefficient (Wildman–Crippen LogP) is 4.70. The summed E-state index contributed by atoms with van der Waals surface area (Å²) in [5.74, 6) is 0.142. The summed E-state index contributed by atoms with van der Waals surface area (Å²) < 4.78 is 6.71. The van der Waals surface area contributed by atoms with E-state index in [1.165, 1.54) is 30.5 Å². The fourth-order valence-corrected chi connectivity index (χ4v) is 2.83. The monoisotopic (exact) mass is 453 g/mol. The van der Waals surface area contributed by atoms with Crippen molar-refractivity contribution < 1.29 is 14.5 Å². The Morgan fingerprint density at radius 1 is 1.10 bits per heavy atom. The molecule has 0 saturated carbocycles. The first-order valence-corrected chi connectivity index (χ1v) is 9.36. The van der Waals surface area contributed by atoms with Gasteiger partial charge in [-0.15, -0.1) is 0 Å². The number of nitrogens with one attached hydrogen (secondary N) is 1. The molecular formula is C21H16BrN3O4. The number of non-ortho nitro benzene ring substituents is 1. The number of nitro benzene ring substituents is 1. The van der Waals surface area contributed by atoms with Crippen molar-refractivity contribution in [1.82, 2.24) is 5.43 Å². The third-order valence-corrected chi connectivity index (χ3v) is 4.41. The minimum absolute atomic E-state index is 0.0839. The van der Waals surface area contributed by atoms with Gasteiger partial charge in [-0.1, -0.05) is 46.3 Å². The number of hydrogen-bond acceptors (Lipinski definition) is 5. The number of hydrazone groups is 1. The van der Waals surface area contributed by atoms with Crippen LogP contribution in [0.5, 0.6) is 5.75 Å². The zero-order valence-corrected chi connectivity index (χ0v) is 16.7. The number of benzene rings is 3. The summed E-state index contributed by atoms with van der Waals surface area (Å²) in [6.45, 7) is 0.401. The lowest BCUT2D eigenvalue weighted by molar-refractivity contribution is -0.384. The van der Waals surface area contributed by atoms with E-state index in [0.717, 1.165) is 10.0 Å². The second kappa shape index (κ2) is 9.61. The zero-order chi connectivity index (χ0) is 20.6. The van der Waals surface area contributed by atoms with Gasteiger partial charge in [-0.25, -0.2) is 5.43 Å². The molecule has 0 atom stereocenters. The number of nitro groups is 1. The van der Waals surface area contributed by atoms with Crippen LogP contribution in [-0.2, 0) is 6.61 Å². The Morgan fingerprint density at radius 2 is 1.83 bits per heavy atom. The summed E-state index contributed by atoms with van der Waals surface area (Å²) >= 11 is 3.41. The lowest BCUT2D eigenvalue weighted by Crippen LogP contribution is -2.17. The molecule has 0 heterocycles. The molecule has 8 heteroatoms. The van der Waals surface area contributed by atoms with Crippen molar-refractivity contribution >= 4 is 33.7 Å². The van der Waals surface area contributed by atoms with Crippen LogP contribution >= 0.6 is 15.9 Å². The average Bonchev–Trinajstić information content (AvgIpc) is 2.74. The van der Waals surface area contributed by atoms with Crippen LogP contribution in [0.4, 0.5) is 5.69 Å². The van der Waals surface area contributed by atoms with E-state index < -0.39 is 10.8 Å². The lowest BCUT2D eigenvalue weighted by atomic mass is 10.2. The molecule has 29 heavy (non-hydrogen) atoms. The van der Waals surface area contributed by atoms with Crippen LogP contribution in [0.25, 0.3) is 0 Å². The first-order valence-electron chi connectivity index (χ1n) is 8.57. The second-order valence-electron chi connectivity index (χ2n) is 5.96. The van der Waals surface area contributed by atoms with Gasteiger partial charge in [-0.3, -0.25) is 14.9 Å².